The standard InChI is InChI=1S/C31H26N2OS/c1-30(2)25-23-17-16-21-20-13-10-14-22(24-15-8-9-18-32-24)26(20)34-27(21)28(23)35-29(25)31(3,4)33(30)19-11-6-5-7-12-19/h5-18H,1-4H3. The predicted molar refractivity (Wildman–Crippen MR) is 147 cm³/mol. The summed E-state index contributed by atoms with van der Waals surface area (Å²) in [5.41, 5.74) is 6.24. The van der Waals surface area contributed by atoms with Crippen molar-refractivity contribution >= 4 is 49.0 Å². The third-order valence-corrected chi connectivity index (χ3v) is 9.08. The molecule has 7 rings (SSSR count). The zero-order valence-electron chi connectivity index (χ0n) is 20.3. The number of pyridine rings is 1. The Bertz CT molecular complexity index is 1740. The molecule has 0 spiro atoms. The van der Waals surface area contributed by atoms with Gasteiger partial charge < -0.3 is 9.32 Å². The summed E-state index contributed by atoms with van der Waals surface area (Å²) in [7, 11) is 0. The van der Waals surface area contributed by atoms with Crippen molar-refractivity contribution in [1.29, 1.82) is 0 Å². The van der Waals surface area contributed by atoms with Crippen LogP contribution in [0.3, 0.4) is 0 Å². The summed E-state index contributed by atoms with van der Waals surface area (Å²) in [6, 6.07) is 27.7. The van der Waals surface area contributed by atoms with Gasteiger partial charge in [0.25, 0.3) is 0 Å². The number of benzene rings is 3. The van der Waals surface area contributed by atoms with Gasteiger partial charge in [0.15, 0.2) is 5.58 Å². The van der Waals surface area contributed by atoms with Crippen LogP contribution in [0.15, 0.2) is 89.5 Å². The molecule has 1 aliphatic heterocycles. The maximum absolute atomic E-state index is 6.69. The SMILES string of the molecule is CC1(C)c2sc3c(ccc4c5cccc(-c6ccccn6)c5oc43)c2C(C)(C)N1c1ccccc1. The molecule has 4 heterocycles. The molecule has 35 heavy (non-hydrogen) atoms. The molecule has 4 heteroatoms. The van der Waals surface area contributed by atoms with Crippen molar-refractivity contribution < 1.29 is 4.42 Å². The number of hydrogen-bond donors (Lipinski definition) is 0. The van der Waals surface area contributed by atoms with E-state index in [9.17, 15) is 0 Å². The molecule has 0 N–H and O–H groups in total. The number of rotatable bonds is 2. The first-order chi connectivity index (χ1) is 16.9. The van der Waals surface area contributed by atoms with Gasteiger partial charge in [-0.3, -0.25) is 4.98 Å². The summed E-state index contributed by atoms with van der Waals surface area (Å²) < 4.78 is 7.93. The lowest BCUT2D eigenvalue weighted by Crippen LogP contribution is -2.45. The second kappa shape index (κ2) is 6.96. The highest BCUT2D eigenvalue weighted by atomic mass is 32.1. The maximum atomic E-state index is 6.69. The average Bonchev–Trinajstić information content (AvgIpc) is 3.48. The van der Waals surface area contributed by atoms with E-state index in [0.29, 0.717) is 0 Å². The lowest BCUT2D eigenvalue weighted by atomic mass is 9.93. The Morgan fingerprint density at radius 3 is 2.23 bits per heavy atom. The van der Waals surface area contributed by atoms with Crippen LogP contribution in [0.25, 0.3) is 43.3 Å². The van der Waals surface area contributed by atoms with Crippen LogP contribution in [0.1, 0.15) is 38.1 Å². The fourth-order valence-electron chi connectivity index (χ4n) is 6.31. The second-order valence-corrected chi connectivity index (χ2v) is 11.4. The van der Waals surface area contributed by atoms with E-state index in [0.717, 1.165) is 27.8 Å². The van der Waals surface area contributed by atoms with Crippen LogP contribution in [-0.2, 0) is 11.1 Å². The Morgan fingerprint density at radius 2 is 1.46 bits per heavy atom. The van der Waals surface area contributed by atoms with Gasteiger partial charge in [-0.15, -0.1) is 11.3 Å². The van der Waals surface area contributed by atoms with E-state index < -0.39 is 0 Å². The number of furan rings is 1. The summed E-state index contributed by atoms with van der Waals surface area (Å²) in [5, 5.41) is 3.61. The van der Waals surface area contributed by atoms with Gasteiger partial charge in [-0.2, -0.15) is 0 Å². The van der Waals surface area contributed by atoms with Crippen LogP contribution in [0.2, 0.25) is 0 Å². The molecule has 0 fully saturated rings. The fourth-order valence-corrected chi connectivity index (χ4v) is 7.84. The maximum Gasteiger partial charge on any atom is 0.153 e. The van der Waals surface area contributed by atoms with Crippen molar-refractivity contribution in [2.24, 2.45) is 0 Å². The minimum atomic E-state index is -0.156. The van der Waals surface area contributed by atoms with Crippen molar-refractivity contribution in [1.82, 2.24) is 4.98 Å². The molecule has 3 aromatic heterocycles. The predicted octanol–water partition coefficient (Wildman–Crippen LogP) is 8.85. The molecule has 3 aromatic carbocycles. The molecule has 0 bridgehead atoms. The number of para-hydroxylation sites is 2. The second-order valence-electron chi connectivity index (χ2n) is 10.4. The van der Waals surface area contributed by atoms with Crippen molar-refractivity contribution in [3.63, 3.8) is 0 Å². The normalized spacial score (nSPS) is 16.4. The van der Waals surface area contributed by atoms with Crippen LogP contribution < -0.4 is 4.90 Å². The van der Waals surface area contributed by atoms with Gasteiger partial charge >= 0.3 is 0 Å². The molecule has 0 saturated heterocycles. The van der Waals surface area contributed by atoms with E-state index in [4.69, 9.17) is 4.42 Å². The highest BCUT2D eigenvalue weighted by Gasteiger charge is 2.51. The molecule has 3 nitrogen and oxygen atoms in total. The van der Waals surface area contributed by atoms with Crippen molar-refractivity contribution in [3.05, 3.63) is 95.5 Å². The van der Waals surface area contributed by atoms with E-state index in [1.54, 1.807) is 0 Å². The summed E-state index contributed by atoms with van der Waals surface area (Å²) in [4.78, 5) is 8.57. The van der Waals surface area contributed by atoms with Crippen molar-refractivity contribution in [2.45, 2.75) is 38.8 Å². The smallest absolute Gasteiger partial charge is 0.153 e. The highest BCUT2D eigenvalue weighted by Crippen LogP contribution is 2.58. The highest BCUT2D eigenvalue weighted by molar-refractivity contribution is 7.20. The Kier molecular flexibility index (Phi) is 4.12. The number of fused-ring (bicyclic) bond motifs is 7. The van der Waals surface area contributed by atoms with E-state index in [2.05, 4.69) is 98.2 Å². The minimum Gasteiger partial charge on any atom is -0.454 e. The van der Waals surface area contributed by atoms with Gasteiger partial charge in [0, 0.05) is 44.0 Å². The average molecular weight is 475 g/mol. The third-order valence-electron chi connectivity index (χ3n) is 7.56. The molecule has 0 aliphatic carbocycles. The van der Waals surface area contributed by atoms with E-state index in [1.807, 2.05) is 35.7 Å². The number of thiophene rings is 1. The summed E-state index contributed by atoms with van der Waals surface area (Å²) >= 11 is 1.89. The summed E-state index contributed by atoms with van der Waals surface area (Å²) in [5.74, 6) is 0. The van der Waals surface area contributed by atoms with Crippen LogP contribution in [0.5, 0.6) is 0 Å². The van der Waals surface area contributed by atoms with Gasteiger partial charge in [-0.25, -0.2) is 0 Å². The van der Waals surface area contributed by atoms with Crippen LogP contribution in [0.4, 0.5) is 5.69 Å². The van der Waals surface area contributed by atoms with E-state index in [1.165, 1.54) is 31.6 Å². The lowest BCUT2D eigenvalue weighted by Gasteiger charge is -2.43. The quantitative estimate of drug-likeness (QED) is 0.251. The number of aromatic nitrogens is 1. The van der Waals surface area contributed by atoms with Crippen LogP contribution in [-0.4, -0.2) is 4.98 Å². The van der Waals surface area contributed by atoms with Crippen molar-refractivity contribution in [3.8, 4) is 11.3 Å². The van der Waals surface area contributed by atoms with Crippen LogP contribution in [0, 0.1) is 0 Å². The van der Waals surface area contributed by atoms with Crippen LogP contribution >= 0.6 is 11.3 Å². The molecule has 0 radical (unpaired) electrons. The zero-order chi connectivity index (χ0) is 23.9. The Labute approximate surface area is 208 Å². The number of nitrogens with zero attached hydrogens (tertiary/aromatic N) is 2. The van der Waals surface area contributed by atoms with Gasteiger partial charge in [0.05, 0.1) is 21.5 Å². The molecule has 0 amide bonds. The molecule has 6 aromatic rings. The molecular weight excluding hydrogens is 448 g/mol. The number of anilines is 1. The fraction of sp³-hybridized carbons (Fsp3) is 0.194. The number of hydrogen-bond acceptors (Lipinski definition) is 4. The van der Waals surface area contributed by atoms with Crippen molar-refractivity contribution in [2.75, 3.05) is 4.90 Å². The largest absolute Gasteiger partial charge is 0.454 e. The third kappa shape index (κ3) is 2.69. The zero-order valence-corrected chi connectivity index (χ0v) is 21.1. The summed E-state index contributed by atoms with van der Waals surface area (Å²) in [6.07, 6.45) is 1.83. The monoisotopic (exact) mass is 474 g/mol. The molecule has 0 unspecified atom stereocenters. The van der Waals surface area contributed by atoms with Gasteiger partial charge in [-0.1, -0.05) is 42.5 Å². The Morgan fingerprint density at radius 1 is 0.714 bits per heavy atom. The lowest BCUT2D eigenvalue weighted by molar-refractivity contribution is 0.406. The molecule has 1 aliphatic rings. The summed E-state index contributed by atoms with van der Waals surface area (Å²) in [6.45, 7) is 9.39. The van der Waals surface area contributed by atoms with E-state index in [-0.39, 0.29) is 11.1 Å². The minimum absolute atomic E-state index is 0.138. The Hall–Kier alpha value is -3.63. The topological polar surface area (TPSA) is 29.3 Å². The van der Waals surface area contributed by atoms with Gasteiger partial charge in [-0.05, 0) is 64.1 Å². The first-order valence-electron chi connectivity index (χ1n) is 12.1. The van der Waals surface area contributed by atoms with Gasteiger partial charge in [0.2, 0.25) is 0 Å². The first-order valence-corrected chi connectivity index (χ1v) is 12.9. The van der Waals surface area contributed by atoms with Gasteiger partial charge in [0.1, 0.15) is 5.58 Å². The molecule has 0 atom stereocenters. The van der Waals surface area contributed by atoms with E-state index >= 15 is 0 Å². The Balaban J connectivity index is 1.51. The first kappa shape index (κ1) is 20.7. The molecular formula is C31H26N2OS. The molecule has 0 saturated carbocycles. The molecule has 172 valence electrons.